The molecule has 0 saturated heterocycles. The summed E-state index contributed by atoms with van der Waals surface area (Å²) in [5.74, 6) is -0.589. The molecule has 0 N–H and O–H groups in total. The summed E-state index contributed by atoms with van der Waals surface area (Å²) in [6, 6.07) is 8.68. The highest BCUT2D eigenvalue weighted by Gasteiger charge is 2.60. The van der Waals surface area contributed by atoms with Gasteiger partial charge in [-0.15, -0.1) is 0 Å². The van der Waals surface area contributed by atoms with E-state index in [1.165, 1.54) is 24.3 Å². The van der Waals surface area contributed by atoms with E-state index in [0.717, 1.165) is 0 Å². The summed E-state index contributed by atoms with van der Waals surface area (Å²) in [4.78, 5) is 16.5. The Balaban J connectivity index is 1.86. The molecular formula is C23H22Cl2F3NO3. The molecule has 1 atom stereocenters. The number of alkyl halides is 3. The molecule has 1 heterocycles. The van der Waals surface area contributed by atoms with Crippen LogP contribution in [0.4, 0.5) is 13.2 Å². The normalized spacial score (nSPS) is 19.0. The second-order valence-electron chi connectivity index (χ2n) is 8.67. The predicted octanol–water partition coefficient (Wildman–Crippen LogP) is 6.83. The third-order valence-electron chi connectivity index (χ3n) is 4.82. The number of hydrogen-bond acceptors (Lipinski definition) is 4. The summed E-state index contributed by atoms with van der Waals surface area (Å²) in [5.41, 5.74) is -1.58. The Hall–Kier alpha value is -2.25. The van der Waals surface area contributed by atoms with Gasteiger partial charge >= 0.3 is 12.1 Å². The number of carbonyl (C=O) groups excluding carboxylic acids is 1. The first-order chi connectivity index (χ1) is 14.7. The van der Waals surface area contributed by atoms with Crippen LogP contribution in [0.2, 0.25) is 10.0 Å². The molecule has 2 aromatic carbocycles. The van der Waals surface area contributed by atoms with E-state index in [-0.39, 0.29) is 21.5 Å². The number of benzene rings is 2. The van der Waals surface area contributed by atoms with Crippen LogP contribution < -0.4 is 4.74 Å². The molecular weight excluding hydrogens is 466 g/mol. The van der Waals surface area contributed by atoms with Crippen LogP contribution in [0.5, 0.6) is 5.75 Å². The fraction of sp³-hybridized carbons (Fsp3) is 0.391. The van der Waals surface area contributed by atoms with Gasteiger partial charge < -0.3 is 9.47 Å². The molecule has 0 fully saturated rings. The molecule has 32 heavy (non-hydrogen) atoms. The van der Waals surface area contributed by atoms with Gasteiger partial charge in [0.25, 0.3) is 0 Å². The largest absolute Gasteiger partial charge is 0.475 e. The number of esters is 1. The van der Waals surface area contributed by atoms with Gasteiger partial charge in [0.1, 0.15) is 11.4 Å². The van der Waals surface area contributed by atoms with Gasteiger partial charge in [0.15, 0.2) is 0 Å². The van der Waals surface area contributed by atoms with E-state index in [2.05, 4.69) is 4.99 Å². The van der Waals surface area contributed by atoms with Crippen LogP contribution in [-0.4, -0.2) is 35.6 Å². The first-order valence-corrected chi connectivity index (χ1v) is 10.5. The second-order valence-corrected chi connectivity index (χ2v) is 9.54. The van der Waals surface area contributed by atoms with Gasteiger partial charge in [0.05, 0.1) is 12.1 Å². The summed E-state index contributed by atoms with van der Waals surface area (Å²) in [6.07, 6.45) is -5.19. The van der Waals surface area contributed by atoms with E-state index in [1.54, 1.807) is 39.8 Å². The smallest absolute Gasteiger partial charge is 0.430 e. The number of carbonyl (C=O) groups is 1. The first kappa shape index (κ1) is 24.4. The Morgan fingerprint density at radius 3 is 2.22 bits per heavy atom. The van der Waals surface area contributed by atoms with Crippen LogP contribution in [0, 0.1) is 6.92 Å². The van der Waals surface area contributed by atoms with Crippen molar-refractivity contribution in [3.05, 3.63) is 63.1 Å². The van der Waals surface area contributed by atoms with Crippen LogP contribution in [0.15, 0.2) is 41.4 Å². The first-order valence-electron chi connectivity index (χ1n) is 9.79. The van der Waals surface area contributed by atoms with Gasteiger partial charge in [-0.25, -0.2) is 4.79 Å². The van der Waals surface area contributed by atoms with Gasteiger partial charge in [-0.1, -0.05) is 29.3 Å². The van der Waals surface area contributed by atoms with Crippen molar-refractivity contribution in [3.8, 4) is 5.75 Å². The van der Waals surface area contributed by atoms with E-state index >= 15 is 0 Å². The summed E-state index contributed by atoms with van der Waals surface area (Å²) in [7, 11) is 0. The maximum absolute atomic E-state index is 14.1. The SMILES string of the molecule is Cc1cc(C2=NC[C@@](Oc3cc(Cl)cc(Cl)c3)(C(F)(F)F)C2)ccc1C(=O)OC(C)(C)C. The third kappa shape index (κ3) is 5.38. The van der Waals surface area contributed by atoms with Crippen LogP contribution in [0.3, 0.4) is 0 Å². The average molecular weight is 488 g/mol. The zero-order chi connectivity index (χ0) is 23.9. The van der Waals surface area contributed by atoms with Crippen molar-refractivity contribution in [2.24, 2.45) is 4.99 Å². The topological polar surface area (TPSA) is 47.9 Å². The minimum absolute atomic E-state index is 0.0901. The number of hydrogen-bond donors (Lipinski definition) is 0. The molecule has 0 aliphatic carbocycles. The maximum Gasteiger partial charge on any atom is 0.430 e. The van der Waals surface area contributed by atoms with Gasteiger partial charge in [0.2, 0.25) is 5.60 Å². The van der Waals surface area contributed by atoms with Crippen molar-refractivity contribution >= 4 is 34.9 Å². The molecule has 0 amide bonds. The molecule has 0 bridgehead atoms. The van der Waals surface area contributed by atoms with Crippen LogP contribution in [0.25, 0.3) is 0 Å². The highest BCUT2D eigenvalue weighted by molar-refractivity contribution is 6.34. The fourth-order valence-corrected chi connectivity index (χ4v) is 3.84. The molecule has 0 saturated carbocycles. The molecule has 172 valence electrons. The highest BCUT2D eigenvalue weighted by atomic mass is 35.5. The van der Waals surface area contributed by atoms with Crippen molar-refractivity contribution in [1.82, 2.24) is 0 Å². The van der Waals surface area contributed by atoms with Gasteiger partial charge in [0, 0.05) is 22.2 Å². The Morgan fingerprint density at radius 1 is 1.06 bits per heavy atom. The summed E-state index contributed by atoms with van der Waals surface area (Å²) in [5, 5.41) is 0.328. The predicted molar refractivity (Wildman–Crippen MR) is 118 cm³/mol. The van der Waals surface area contributed by atoms with E-state index in [4.69, 9.17) is 32.7 Å². The minimum Gasteiger partial charge on any atom is -0.475 e. The van der Waals surface area contributed by atoms with Crippen molar-refractivity contribution in [2.45, 2.75) is 51.5 Å². The molecule has 0 aromatic heterocycles. The van der Waals surface area contributed by atoms with E-state index in [1.807, 2.05) is 0 Å². The molecule has 0 radical (unpaired) electrons. The maximum atomic E-state index is 14.1. The summed E-state index contributed by atoms with van der Waals surface area (Å²) in [6.45, 7) is 6.35. The van der Waals surface area contributed by atoms with E-state index < -0.39 is 36.3 Å². The van der Waals surface area contributed by atoms with Crippen molar-refractivity contribution < 1.29 is 27.4 Å². The van der Waals surface area contributed by atoms with Crippen LogP contribution in [0.1, 0.15) is 48.7 Å². The highest BCUT2D eigenvalue weighted by Crippen LogP contribution is 2.42. The molecule has 2 aromatic rings. The minimum atomic E-state index is -4.70. The molecule has 1 aliphatic heterocycles. The third-order valence-corrected chi connectivity index (χ3v) is 5.26. The molecule has 0 unspecified atom stereocenters. The lowest BCUT2D eigenvalue weighted by Gasteiger charge is -2.31. The number of aliphatic imine (C=N–C) groups is 1. The number of aryl methyl sites for hydroxylation is 1. The standard InChI is InChI=1S/C23H22Cl2F3NO3/c1-13-7-14(5-6-18(13)20(30)32-21(2,3)4)19-11-22(12-29-19,23(26,27)28)31-17-9-15(24)8-16(25)10-17/h5-10H,11-12H2,1-4H3/t22-/m1/s1. The monoisotopic (exact) mass is 487 g/mol. The molecule has 1 aliphatic rings. The van der Waals surface area contributed by atoms with Gasteiger partial charge in [-0.05, 0) is 69.2 Å². The lowest BCUT2D eigenvalue weighted by Crippen LogP contribution is -2.51. The summed E-state index contributed by atoms with van der Waals surface area (Å²) < 4.78 is 53.0. The fourth-order valence-electron chi connectivity index (χ4n) is 3.33. The van der Waals surface area contributed by atoms with Gasteiger partial charge in [-0.3, -0.25) is 4.99 Å². The van der Waals surface area contributed by atoms with Gasteiger partial charge in [-0.2, -0.15) is 13.2 Å². The molecule has 0 spiro atoms. The molecule has 4 nitrogen and oxygen atoms in total. The molecule has 9 heteroatoms. The van der Waals surface area contributed by atoms with Crippen LogP contribution in [-0.2, 0) is 4.74 Å². The average Bonchev–Trinajstić information content (AvgIpc) is 3.04. The molecule has 3 rings (SSSR count). The number of nitrogens with zero attached hydrogens (tertiary/aromatic N) is 1. The van der Waals surface area contributed by atoms with Crippen LogP contribution >= 0.6 is 23.2 Å². The zero-order valence-electron chi connectivity index (χ0n) is 17.9. The lowest BCUT2D eigenvalue weighted by atomic mass is 9.94. The van der Waals surface area contributed by atoms with E-state index in [0.29, 0.717) is 16.7 Å². The van der Waals surface area contributed by atoms with E-state index in [9.17, 15) is 18.0 Å². The lowest BCUT2D eigenvalue weighted by molar-refractivity contribution is -0.239. The number of ether oxygens (including phenoxy) is 2. The van der Waals surface area contributed by atoms with Crippen molar-refractivity contribution in [2.75, 3.05) is 6.54 Å². The Labute approximate surface area is 194 Å². The summed E-state index contributed by atoms with van der Waals surface area (Å²) >= 11 is 11.8. The van der Waals surface area contributed by atoms with Crippen molar-refractivity contribution in [3.63, 3.8) is 0 Å². The second kappa shape index (κ2) is 8.60. The van der Waals surface area contributed by atoms with Crippen molar-refractivity contribution in [1.29, 1.82) is 0 Å². The number of halogens is 5. The quantitative estimate of drug-likeness (QED) is 0.444. The Bertz CT molecular complexity index is 1060. The Morgan fingerprint density at radius 2 is 1.69 bits per heavy atom. The number of rotatable bonds is 4. The zero-order valence-corrected chi connectivity index (χ0v) is 19.5. The Kier molecular flexibility index (Phi) is 6.55.